The number of carboxylic acids is 1. The number of nitrogens with zero attached hydrogens (tertiary/aromatic N) is 4. The summed E-state index contributed by atoms with van der Waals surface area (Å²) in [6, 6.07) is 21.1. The third-order valence-corrected chi connectivity index (χ3v) is 5.14. The molecule has 3 aromatic heterocycles. The Morgan fingerprint density at radius 2 is 1.83 bits per heavy atom. The molecule has 0 atom stereocenters. The van der Waals surface area contributed by atoms with Crippen LogP contribution in [0.2, 0.25) is 0 Å². The number of carboxylic acid groups (broad SMARTS) is 1. The highest BCUT2D eigenvalue weighted by Gasteiger charge is 2.17. The lowest BCUT2D eigenvalue weighted by atomic mass is 10.1. The van der Waals surface area contributed by atoms with E-state index in [2.05, 4.69) is 22.5 Å². The maximum Gasteiger partial charge on any atom is 0.336 e. The second-order valence-electron chi connectivity index (χ2n) is 7.10. The third kappa shape index (κ3) is 2.97. The van der Waals surface area contributed by atoms with Crippen LogP contribution in [0.5, 0.6) is 0 Å². The Morgan fingerprint density at radius 1 is 1.03 bits per heavy atom. The molecule has 0 saturated carbocycles. The Hall–Kier alpha value is -4.13. The quantitative estimate of drug-likeness (QED) is 0.462. The molecule has 0 radical (unpaired) electrons. The van der Waals surface area contributed by atoms with Gasteiger partial charge in [-0.05, 0) is 42.8 Å². The predicted molar refractivity (Wildman–Crippen MR) is 115 cm³/mol. The minimum Gasteiger partial charge on any atom is -0.478 e. The Balaban J connectivity index is 1.64. The molecule has 0 saturated heterocycles. The summed E-state index contributed by atoms with van der Waals surface area (Å²) >= 11 is 0. The molecule has 0 fully saturated rings. The molecular weight excluding hydrogens is 378 g/mol. The van der Waals surface area contributed by atoms with Crippen molar-refractivity contribution in [1.82, 2.24) is 19.2 Å². The molecule has 0 aliphatic heterocycles. The second-order valence-corrected chi connectivity index (χ2v) is 7.10. The first-order valence-corrected chi connectivity index (χ1v) is 9.60. The Kier molecular flexibility index (Phi) is 4.21. The average molecular weight is 397 g/mol. The Morgan fingerprint density at radius 3 is 2.63 bits per heavy atom. The number of carbonyl (C=O) groups is 1. The van der Waals surface area contributed by atoms with Crippen molar-refractivity contribution in [2.75, 3.05) is 5.32 Å². The normalized spacial score (nSPS) is 11.2. The number of hydrogen-bond acceptors (Lipinski definition) is 4. The molecule has 0 unspecified atom stereocenters. The lowest BCUT2D eigenvalue weighted by molar-refractivity contribution is 0.0699. The zero-order chi connectivity index (χ0) is 20.7. The molecule has 7 heteroatoms. The average Bonchev–Trinajstić information content (AvgIpc) is 3.35. The largest absolute Gasteiger partial charge is 0.478 e. The van der Waals surface area contributed by atoms with E-state index in [9.17, 15) is 9.90 Å². The Labute approximate surface area is 172 Å². The van der Waals surface area contributed by atoms with Gasteiger partial charge in [0.2, 0.25) is 0 Å². The van der Waals surface area contributed by atoms with E-state index in [0.717, 1.165) is 22.3 Å². The van der Waals surface area contributed by atoms with Gasteiger partial charge in [0.1, 0.15) is 5.52 Å². The molecule has 0 aliphatic rings. The van der Waals surface area contributed by atoms with Gasteiger partial charge in [-0.25, -0.2) is 9.31 Å². The molecule has 0 spiro atoms. The van der Waals surface area contributed by atoms with Gasteiger partial charge in [0, 0.05) is 23.8 Å². The van der Waals surface area contributed by atoms with Gasteiger partial charge in [-0.1, -0.05) is 36.4 Å². The molecule has 0 amide bonds. The van der Waals surface area contributed by atoms with Gasteiger partial charge in [0.25, 0.3) is 5.95 Å². The summed E-state index contributed by atoms with van der Waals surface area (Å²) in [5, 5.41) is 18.3. The van der Waals surface area contributed by atoms with E-state index in [1.807, 2.05) is 60.2 Å². The van der Waals surface area contributed by atoms with Gasteiger partial charge in [-0.3, -0.25) is 4.57 Å². The first-order valence-electron chi connectivity index (χ1n) is 9.60. The molecular formula is C23H19N5O2. The lowest BCUT2D eigenvalue weighted by Gasteiger charge is -2.12. The maximum absolute atomic E-state index is 11.6. The van der Waals surface area contributed by atoms with Crippen LogP contribution < -0.4 is 5.32 Å². The predicted octanol–water partition coefficient (Wildman–Crippen LogP) is 4.29. The molecule has 5 aromatic rings. The lowest BCUT2D eigenvalue weighted by Crippen LogP contribution is -2.11. The van der Waals surface area contributed by atoms with Crippen LogP contribution in [0.3, 0.4) is 0 Å². The summed E-state index contributed by atoms with van der Waals surface area (Å²) in [4.78, 5) is 16.4. The minimum atomic E-state index is -0.954. The summed E-state index contributed by atoms with van der Waals surface area (Å²) in [6.07, 6.45) is 1.87. The topological polar surface area (TPSA) is 84.4 Å². The van der Waals surface area contributed by atoms with Crippen molar-refractivity contribution in [1.29, 1.82) is 0 Å². The van der Waals surface area contributed by atoms with Crippen molar-refractivity contribution < 1.29 is 9.90 Å². The van der Waals surface area contributed by atoms with Crippen molar-refractivity contribution in [2.24, 2.45) is 0 Å². The van der Waals surface area contributed by atoms with Gasteiger partial charge in [0.15, 0.2) is 5.82 Å². The molecule has 7 nitrogen and oxygen atoms in total. The molecule has 0 bridgehead atoms. The van der Waals surface area contributed by atoms with Crippen molar-refractivity contribution in [3.8, 4) is 5.95 Å². The fraction of sp³-hybridized carbons (Fsp3) is 0.0870. The fourth-order valence-corrected chi connectivity index (χ4v) is 3.74. The highest BCUT2D eigenvalue weighted by Crippen LogP contribution is 2.27. The molecule has 2 aromatic carbocycles. The number of anilines is 1. The summed E-state index contributed by atoms with van der Waals surface area (Å²) in [5.41, 5.74) is 3.90. The molecule has 30 heavy (non-hydrogen) atoms. The van der Waals surface area contributed by atoms with E-state index in [4.69, 9.17) is 4.98 Å². The van der Waals surface area contributed by atoms with E-state index in [-0.39, 0.29) is 5.56 Å². The van der Waals surface area contributed by atoms with Crippen LogP contribution >= 0.6 is 0 Å². The number of hydrogen-bond donors (Lipinski definition) is 2. The van der Waals surface area contributed by atoms with Crippen molar-refractivity contribution >= 4 is 28.2 Å². The van der Waals surface area contributed by atoms with E-state index in [1.54, 1.807) is 16.6 Å². The number of aromatic nitrogens is 4. The van der Waals surface area contributed by atoms with Gasteiger partial charge in [-0.15, -0.1) is 5.10 Å². The zero-order valence-corrected chi connectivity index (χ0v) is 16.3. The number of aromatic carboxylic acids is 1. The van der Waals surface area contributed by atoms with E-state index >= 15 is 0 Å². The van der Waals surface area contributed by atoms with Crippen LogP contribution in [-0.4, -0.2) is 30.2 Å². The number of aryl methyl sites for hydroxylation is 1. The summed E-state index contributed by atoms with van der Waals surface area (Å²) in [6.45, 7) is 2.55. The van der Waals surface area contributed by atoms with E-state index in [0.29, 0.717) is 23.7 Å². The van der Waals surface area contributed by atoms with Crippen LogP contribution in [0, 0.1) is 6.92 Å². The highest BCUT2D eigenvalue weighted by molar-refractivity contribution is 6.03. The van der Waals surface area contributed by atoms with Gasteiger partial charge in [0.05, 0.1) is 11.1 Å². The van der Waals surface area contributed by atoms with Crippen molar-refractivity contribution in [3.63, 3.8) is 0 Å². The van der Waals surface area contributed by atoms with Crippen LogP contribution in [0.25, 0.3) is 22.4 Å². The van der Waals surface area contributed by atoms with Gasteiger partial charge >= 0.3 is 5.97 Å². The van der Waals surface area contributed by atoms with E-state index < -0.39 is 5.97 Å². The van der Waals surface area contributed by atoms with Crippen molar-refractivity contribution in [3.05, 3.63) is 89.7 Å². The highest BCUT2D eigenvalue weighted by atomic mass is 16.4. The monoisotopic (exact) mass is 397 g/mol. The number of benzene rings is 2. The van der Waals surface area contributed by atoms with Crippen LogP contribution in [0.1, 0.15) is 21.6 Å². The standard InChI is InChI=1S/C23H19N5O2/c1-15-13-18-17(22(29)30)9-5-10-19(18)28(15)23-25-21(20-11-6-12-27(20)26-23)24-14-16-7-3-2-4-8-16/h2-13H,14H2,1H3,(H,29,30)(H,24,25,26). The van der Waals surface area contributed by atoms with Crippen molar-refractivity contribution in [2.45, 2.75) is 13.5 Å². The summed E-state index contributed by atoms with van der Waals surface area (Å²) in [7, 11) is 0. The molecule has 2 N–H and O–H groups in total. The van der Waals surface area contributed by atoms with Crippen LogP contribution in [0.15, 0.2) is 72.9 Å². The van der Waals surface area contributed by atoms with Gasteiger partial charge in [-0.2, -0.15) is 4.98 Å². The van der Waals surface area contributed by atoms with E-state index in [1.165, 1.54) is 0 Å². The number of nitrogens with one attached hydrogen (secondary N) is 1. The van der Waals surface area contributed by atoms with Crippen LogP contribution in [0.4, 0.5) is 5.82 Å². The SMILES string of the molecule is Cc1cc2c(C(=O)O)cccc2n1-c1nc(NCc2ccccc2)c2cccn2n1. The fourth-order valence-electron chi connectivity index (χ4n) is 3.74. The number of fused-ring (bicyclic) bond motifs is 2. The molecule has 5 rings (SSSR count). The zero-order valence-electron chi connectivity index (χ0n) is 16.3. The smallest absolute Gasteiger partial charge is 0.336 e. The molecule has 0 aliphatic carbocycles. The first kappa shape index (κ1) is 17.9. The minimum absolute atomic E-state index is 0.263. The Bertz CT molecular complexity index is 1390. The number of rotatable bonds is 5. The van der Waals surface area contributed by atoms with Crippen LogP contribution in [-0.2, 0) is 6.54 Å². The summed E-state index contributed by atoms with van der Waals surface area (Å²) in [5.74, 6) is 0.235. The molecule has 148 valence electrons. The summed E-state index contributed by atoms with van der Waals surface area (Å²) < 4.78 is 3.66. The second kappa shape index (κ2) is 7.04. The molecule has 3 heterocycles. The third-order valence-electron chi connectivity index (χ3n) is 5.14. The first-order chi connectivity index (χ1) is 14.6. The maximum atomic E-state index is 11.6. The van der Waals surface area contributed by atoms with Gasteiger partial charge < -0.3 is 10.4 Å².